The normalized spacial score (nSPS) is 21.2. The number of hydroxylamine groups is 2. The summed E-state index contributed by atoms with van der Waals surface area (Å²) in [5.41, 5.74) is 3.16. The SMILES string of the molecule is [CH3][Ge]1([CH3])[c]2cc(N3CC(O)C3)ccc2C2(OC(=O)c3ccc(C(=O)ON4C(=O)CCC4=O)cc32)c2ccc(N3CC(O)C3)c[c]21. The van der Waals surface area contributed by atoms with Crippen molar-refractivity contribution in [2.24, 2.45) is 0 Å². The number of carbonyl (C=O) groups excluding carboxylic acids is 4. The zero-order valence-corrected chi connectivity index (χ0v) is 26.9. The molecule has 0 atom stereocenters. The maximum absolute atomic E-state index is 13.6. The number of aliphatic hydroxyl groups is 2. The number of rotatable bonds is 4. The third-order valence-electron chi connectivity index (χ3n) is 9.85. The summed E-state index contributed by atoms with van der Waals surface area (Å²) >= 11 is -3.12. The maximum atomic E-state index is 13.6. The van der Waals surface area contributed by atoms with Crippen LogP contribution >= 0.6 is 0 Å². The van der Waals surface area contributed by atoms with Gasteiger partial charge in [-0.2, -0.15) is 0 Å². The molecule has 230 valence electrons. The van der Waals surface area contributed by atoms with E-state index in [1.54, 1.807) is 6.07 Å². The summed E-state index contributed by atoms with van der Waals surface area (Å²) in [5.74, 6) is 2.05. The van der Waals surface area contributed by atoms with Crippen molar-refractivity contribution >= 4 is 57.2 Å². The zero-order valence-electron chi connectivity index (χ0n) is 24.8. The van der Waals surface area contributed by atoms with E-state index in [-0.39, 0.29) is 30.6 Å². The molecule has 12 heteroatoms. The molecule has 5 heterocycles. The summed E-state index contributed by atoms with van der Waals surface area (Å²) in [6.45, 7) is 2.17. The number of carbonyl (C=O) groups is 4. The van der Waals surface area contributed by atoms with Crippen LogP contribution in [0.15, 0.2) is 54.6 Å². The van der Waals surface area contributed by atoms with Gasteiger partial charge in [0, 0.05) is 0 Å². The number of ether oxygens (including phenoxy) is 1. The fourth-order valence-corrected chi connectivity index (χ4v) is 14.0. The van der Waals surface area contributed by atoms with Crippen molar-refractivity contribution in [1.82, 2.24) is 5.06 Å². The molecular formula is C33H31GeN3O8. The Kier molecular flexibility index (Phi) is 6.07. The van der Waals surface area contributed by atoms with Gasteiger partial charge < -0.3 is 0 Å². The van der Waals surface area contributed by atoms with Gasteiger partial charge in [0.1, 0.15) is 0 Å². The van der Waals surface area contributed by atoms with Gasteiger partial charge in [0.25, 0.3) is 0 Å². The Labute approximate surface area is 261 Å². The van der Waals surface area contributed by atoms with Crippen molar-refractivity contribution in [2.75, 3.05) is 36.0 Å². The van der Waals surface area contributed by atoms with E-state index in [1.807, 2.05) is 24.3 Å². The van der Waals surface area contributed by atoms with Crippen LogP contribution in [0.4, 0.5) is 11.4 Å². The van der Waals surface area contributed by atoms with Gasteiger partial charge in [-0.25, -0.2) is 0 Å². The summed E-state index contributed by atoms with van der Waals surface area (Å²) in [5, 5.41) is 20.5. The quantitative estimate of drug-likeness (QED) is 0.234. The topological polar surface area (TPSA) is 137 Å². The first-order valence-electron chi connectivity index (χ1n) is 15.1. The molecule has 11 nitrogen and oxygen atoms in total. The van der Waals surface area contributed by atoms with Crippen LogP contribution in [0.3, 0.4) is 0 Å². The first-order chi connectivity index (χ1) is 21.5. The van der Waals surface area contributed by atoms with Gasteiger partial charge in [0.05, 0.1) is 0 Å². The number of esters is 1. The second kappa shape index (κ2) is 9.65. The summed E-state index contributed by atoms with van der Waals surface area (Å²) in [7, 11) is 0. The first kappa shape index (κ1) is 28.3. The predicted octanol–water partition coefficient (Wildman–Crippen LogP) is 0.867. The van der Waals surface area contributed by atoms with Crippen LogP contribution in [0.1, 0.15) is 50.2 Å². The van der Waals surface area contributed by atoms with Crippen molar-refractivity contribution < 1.29 is 39.0 Å². The molecule has 0 unspecified atom stereocenters. The van der Waals surface area contributed by atoms with Crippen LogP contribution in [0.5, 0.6) is 0 Å². The molecule has 8 rings (SSSR count). The number of amides is 2. The molecule has 0 saturated carbocycles. The van der Waals surface area contributed by atoms with Crippen LogP contribution in [-0.4, -0.2) is 90.7 Å². The van der Waals surface area contributed by atoms with Crippen molar-refractivity contribution in [3.05, 3.63) is 82.4 Å². The fraction of sp³-hybridized carbons (Fsp3) is 0.333. The molecule has 3 aromatic rings. The van der Waals surface area contributed by atoms with Gasteiger partial charge in [-0.15, -0.1) is 0 Å². The number of aliphatic hydroxyl groups excluding tert-OH is 2. The molecule has 5 aliphatic rings. The molecule has 45 heavy (non-hydrogen) atoms. The van der Waals surface area contributed by atoms with E-state index in [0.717, 1.165) is 31.3 Å². The standard InChI is InChI=1S/C33H31GeN3O8/c1-34(2)27-12-19(35-14-21(38)15-35)4-7-24(27)33(25-8-5-20(13-28(25)34)36-16-22(39)17-36)26-11-18(3-6-23(26)32(43)44-33)31(42)45-37-29(40)9-10-30(37)41/h3-8,11-13,21-22,38-39H,9-10,14-17H2,1-2H3. The molecule has 3 aromatic carbocycles. The summed E-state index contributed by atoms with van der Waals surface area (Å²) in [6.07, 6.45) is -0.784. The van der Waals surface area contributed by atoms with Crippen molar-refractivity contribution in [3.8, 4) is 0 Å². The molecular weight excluding hydrogens is 639 g/mol. The Bertz CT molecular complexity index is 1760. The van der Waals surface area contributed by atoms with E-state index in [9.17, 15) is 29.4 Å². The third kappa shape index (κ3) is 4.03. The van der Waals surface area contributed by atoms with Crippen molar-refractivity contribution in [3.63, 3.8) is 0 Å². The van der Waals surface area contributed by atoms with Crippen LogP contribution in [0.25, 0.3) is 0 Å². The number of anilines is 2. The Morgan fingerprint density at radius 2 is 1.33 bits per heavy atom. The van der Waals surface area contributed by atoms with Gasteiger partial charge in [-0.05, 0) is 0 Å². The van der Waals surface area contributed by atoms with E-state index in [2.05, 4.69) is 33.4 Å². The van der Waals surface area contributed by atoms with Gasteiger partial charge in [-0.3, -0.25) is 0 Å². The van der Waals surface area contributed by atoms with Gasteiger partial charge in [0.15, 0.2) is 0 Å². The van der Waals surface area contributed by atoms with Crippen molar-refractivity contribution in [2.45, 2.75) is 42.2 Å². The van der Waals surface area contributed by atoms with E-state index in [0.29, 0.717) is 42.4 Å². The van der Waals surface area contributed by atoms with E-state index in [4.69, 9.17) is 9.57 Å². The van der Waals surface area contributed by atoms with Crippen LogP contribution in [0.2, 0.25) is 11.5 Å². The molecule has 2 amide bonds. The third-order valence-corrected chi connectivity index (χ3v) is 17.2. The Morgan fingerprint density at radius 3 is 1.84 bits per heavy atom. The average molecular weight is 670 g/mol. The number of nitrogens with zero attached hydrogens (tertiary/aromatic N) is 3. The molecule has 5 aliphatic heterocycles. The number of hydrogen-bond acceptors (Lipinski definition) is 10. The molecule has 3 fully saturated rings. The van der Waals surface area contributed by atoms with Crippen LogP contribution in [-0.2, 0) is 24.8 Å². The number of β-amino-alcohol motifs (C(OH)–C–C–N with tert-alkyl or cyclic N) is 2. The van der Waals surface area contributed by atoms with Gasteiger partial charge >= 0.3 is 262 Å². The van der Waals surface area contributed by atoms with E-state index < -0.39 is 42.6 Å². The number of fused-ring (bicyclic) bond motifs is 6. The second-order valence-electron chi connectivity index (χ2n) is 13.0. The average Bonchev–Trinajstić information content (AvgIpc) is 3.47. The summed E-state index contributed by atoms with van der Waals surface area (Å²) in [6, 6.07) is 16.9. The number of imide groups is 1. The molecule has 0 bridgehead atoms. The predicted molar refractivity (Wildman–Crippen MR) is 164 cm³/mol. The van der Waals surface area contributed by atoms with Gasteiger partial charge in [0.2, 0.25) is 0 Å². The van der Waals surface area contributed by atoms with Crippen LogP contribution < -0.4 is 18.6 Å². The van der Waals surface area contributed by atoms with E-state index >= 15 is 0 Å². The fourth-order valence-electron chi connectivity index (χ4n) is 7.31. The minimum absolute atomic E-state index is 0.0207. The summed E-state index contributed by atoms with van der Waals surface area (Å²) < 4.78 is 8.67. The zero-order chi connectivity index (χ0) is 31.4. The van der Waals surface area contributed by atoms with Gasteiger partial charge in [-0.1, -0.05) is 0 Å². The Morgan fingerprint density at radius 1 is 0.800 bits per heavy atom. The van der Waals surface area contributed by atoms with E-state index in [1.165, 1.54) is 12.1 Å². The second-order valence-corrected chi connectivity index (χ2v) is 22.1. The first-order valence-corrected chi connectivity index (χ1v) is 21.4. The number of benzene rings is 3. The molecule has 1 spiro atoms. The minimum atomic E-state index is -3.12. The monoisotopic (exact) mass is 671 g/mol. The molecule has 0 radical (unpaired) electrons. The Balaban J connectivity index is 1.30. The van der Waals surface area contributed by atoms with Crippen molar-refractivity contribution in [1.29, 1.82) is 0 Å². The molecule has 2 N–H and O–H groups in total. The number of hydrogen-bond donors (Lipinski definition) is 2. The Hall–Kier alpha value is -4.20. The van der Waals surface area contributed by atoms with Crippen LogP contribution in [0, 0.1) is 0 Å². The molecule has 3 saturated heterocycles. The molecule has 0 aliphatic carbocycles. The summed E-state index contributed by atoms with van der Waals surface area (Å²) in [4.78, 5) is 60.6. The molecule has 0 aromatic heterocycles.